The maximum atomic E-state index is 13.3. The molecular formula is C31H34N6O4. The number of anilines is 1. The zero-order valence-corrected chi connectivity index (χ0v) is 23.7. The highest BCUT2D eigenvalue weighted by atomic mass is 16.5. The van der Waals surface area contributed by atoms with Crippen molar-refractivity contribution < 1.29 is 19.1 Å². The van der Waals surface area contributed by atoms with E-state index in [0.717, 1.165) is 55.6 Å². The fourth-order valence-corrected chi connectivity index (χ4v) is 5.79. The first-order chi connectivity index (χ1) is 19.8. The minimum atomic E-state index is -0.913. The second-order valence-electron chi connectivity index (χ2n) is 11.2. The van der Waals surface area contributed by atoms with Crippen molar-refractivity contribution in [2.24, 2.45) is 5.41 Å². The number of fused-ring (bicyclic) bond motifs is 6. The third-order valence-electron chi connectivity index (χ3n) is 8.28. The van der Waals surface area contributed by atoms with Gasteiger partial charge < -0.3 is 14.4 Å². The average Bonchev–Trinajstić information content (AvgIpc) is 3.61. The molecule has 0 saturated carbocycles. The van der Waals surface area contributed by atoms with Gasteiger partial charge in [0.1, 0.15) is 18.2 Å². The van der Waals surface area contributed by atoms with Crippen LogP contribution in [0.25, 0.3) is 16.9 Å². The molecule has 3 aliphatic heterocycles. The summed E-state index contributed by atoms with van der Waals surface area (Å²) < 4.78 is 14.5. The van der Waals surface area contributed by atoms with Gasteiger partial charge in [0.15, 0.2) is 5.65 Å². The quantitative estimate of drug-likeness (QED) is 0.153. The van der Waals surface area contributed by atoms with Crippen molar-refractivity contribution >= 4 is 23.2 Å². The lowest BCUT2D eigenvalue weighted by Gasteiger charge is -2.41. The maximum absolute atomic E-state index is 13.3. The number of aryl methyl sites for hydroxylation is 1. The molecule has 10 heteroatoms. The molecule has 1 saturated heterocycles. The Balaban J connectivity index is 1.47. The fourth-order valence-electron chi connectivity index (χ4n) is 5.79. The molecule has 6 heterocycles. The molecular weight excluding hydrogens is 520 g/mol. The van der Waals surface area contributed by atoms with Crippen LogP contribution in [0, 0.1) is 12.3 Å². The Morgan fingerprint density at radius 3 is 2.71 bits per heavy atom. The van der Waals surface area contributed by atoms with E-state index in [1.54, 1.807) is 17.6 Å². The summed E-state index contributed by atoms with van der Waals surface area (Å²) in [5.41, 5.74) is 4.00. The molecule has 1 fully saturated rings. The molecule has 1 aromatic carbocycles. The highest BCUT2D eigenvalue weighted by Crippen LogP contribution is 2.39. The molecule has 6 bridgehead atoms. The molecule has 0 atom stereocenters. The van der Waals surface area contributed by atoms with Gasteiger partial charge in [-0.25, -0.2) is 9.78 Å². The third kappa shape index (κ3) is 5.21. The number of hydrogen-bond donors (Lipinski definition) is 0. The Hall–Kier alpha value is -4.47. The zero-order valence-electron chi connectivity index (χ0n) is 23.7. The second-order valence-corrected chi connectivity index (χ2v) is 11.2. The number of methoxy groups -OCH3 is 1. The van der Waals surface area contributed by atoms with Crippen LogP contribution in [0.5, 0.6) is 5.75 Å². The average molecular weight is 555 g/mol. The number of allylic oxidation sites excluding steroid dienone is 1. The molecule has 3 aromatic heterocycles. The number of piperidine rings is 1. The number of aromatic nitrogens is 5. The lowest BCUT2D eigenvalue weighted by atomic mass is 9.76. The summed E-state index contributed by atoms with van der Waals surface area (Å²) in [6, 6.07) is 9.90. The van der Waals surface area contributed by atoms with Gasteiger partial charge in [0.05, 0.1) is 36.8 Å². The number of esters is 1. The molecule has 212 valence electrons. The van der Waals surface area contributed by atoms with Gasteiger partial charge in [0, 0.05) is 36.5 Å². The number of hydrogen-bond acceptors (Lipinski definition) is 8. The zero-order chi connectivity index (χ0) is 28.6. The van der Waals surface area contributed by atoms with Crippen molar-refractivity contribution in [3.8, 4) is 17.0 Å². The molecule has 0 aliphatic carbocycles. The fraction of sp³-hybridized carbons (Fsp3) is 0.387. The smallest absolute Gasteiger partial charge is 0.379 e. The summed E-state index contributed by atoms with van der Waals surface area (Å²) in [5, 5.41) is 9.48. The lowest BCUT2D eigenvalue weighted by Crippen LogP contribution is -2.41. The molecule has 3 aliphatic rings. The first kappa shape index (κ1) is 26.7. The summed E-state index contributed by atoms with van der Waals surface area (Å²) in [6.45, 7) is 6.59. The Morgan fingerprint density at radius 2 is 1.90 bits per heavy atom. The minimum Gasteiger partial charge on any atom is -0.489 e. The Bertz CT molecular complexity index is 1640. The van der Waals surface area contributed by atoms with Crippen molar-refractivity contribution in [2.45, 2.75) is 46.1 Å². The normalized spacial score (nSPS) is 16.8. The number of ketones is 1. The standard InChI is InChI=1S/C31H34N6O4/c1-21-27(28(38)30(39)40-3)29-35-14-12-31(2,13-15-35)11-7-4-8-16-41-25-10-6-5-9-22(25)19-36-20-23(18-32-36)24-17-26(33-21)37(29)34-24/h4-6,8-10,17-18,20H,7,11-16,19H2,1-3H3. The summed E-state index contributed by atoms with van der Waals surface area (Å²) in [6.07, 6.45) is 11.9. The first-order valence-corrected chi connectivity index (χ1v) is 14.0. The monoisotopic (exact) mass is 554 g/mol. The van der Waals surface area contributed by atoms with Gasteiger partial charge in [-0.1, -0.05) is 37.3 Å². The first-order valence-electron chi connectivity index (χ1n) is 14.0. The van der Waals surface area contributed by atoms with Crippen LogP contribution in [-0.2, 0) is 16.1 Å². The number of nitrogens with zero attached hydrogens (tertiary/aromatic N) is 6. The molecule has 0 N–H and O–H groups in total. The summed E-state index contributed by atoms with van der Waals surface area (Å²) in [5.74, 6) is -0.205. The largest absolute Gasteiger partial charge is 0.489 e. The number of carbonyl (C=O) groups is 2. The molecule has 7 rings (SSSR count). The van der Waals surface area contributed by atoms with Crippen LogP contribution in [0.1, 0.15) is 54.2 Å². The van der Waals surface area contributed by atoms with Crippen molar-refractivity contribution in [3.63, 3.8) is 0 Å². The van der Waals surface area contributed by atoms with E-state index in [4.69, 9.17) is 14.6 Å². The minimum absolute atomic E-state index is 0.159. The maximum Gasteiger partial charge on any atom is 0.379 e. The molecule has 10 nitrogen and oxygen atoms in total. The van der Waals surface area contributed by atoms with E-state index >= 15 is 0 Å². The number of rotatable bonds is 2. The van der Waals surface area contributed by atoms with Crippen LogP contribution in [0.3, 0.4) is 0 Å². The molecule has 41 heavy (non-hydrogen) atoms. The number of Topliss-reactive ketones (excluding diaryl/α,β-unsaturated/α-hetero) is 1. The van der Waals surface area contributed by atoms with Crippen molar-refractivity contribution in [2.75, 3.05) is 31.7 Å². The number of para-hydroxylation sites is 1. The number of benzene rings is 1. The van der Waals surface area contributed by atoms with Gasteiger partial charge in [0.25, 0.3) is 5.78 Å². The number of carbonyl (C=O) groups excluding carboxylic acids is 2. The van der Waals surface area contributed by atoms with Gasteiger partial charge in [-0.05, 0) is 44.1 Å². The van der Waals surface area contributed by atoms with Gasteiger partial charge in [-0.15, -0.1) is 0 Å². The summed E-state index contributed by atoms with van der Waals surface area (Å²) >= 11 is 0. The van der Waals surface area contributed by atoms with Gasteiger partial charge in [-0.2, -0.15) is 14.7 Å². The van der Waals surface area contributed by atoms with Crippen molar-refractivity contribution in [1.29, 1.82) is 0 Å². The predicted octanol–water partition coefficient (Wildman–Crippen LogP) is 4.64. The van der Waals surface area contributed by atoms with Crippen LogP contribution in [0.2, 0.25) is 0 Å². The van der Waals surface area contributed by atoms with E-state index in [1.165, 1.54) is 7.11 Å². The van der Waals surface area contributed by atoms with Crippen LogP contribution in [0.4, 0.5) is 5.82 Å². The van der Waals surface area contributed by atoms with Gasteiger partial charge in [-0.3, -0.25) is 9.48 Å². The van der Waals surface area contributed by atoms with Crippen LogP contribution < -0.4 is 9.64 Å². The highest BCUT2D eigenvalue weighted by Gasteiger charge is 2.35. The summed E-state index contributed by atoms with van der Waals surface area (Å²) in [7, 11) is 1.22. The van der Waals surface area contributed by atoms with Crippen LogP contribution in [0.15, 0.2) is 54.9 Å². The van der Waals surface area contributed by atoms with Crippen molar-refractivity contribution in [1.82, 2.24) is 24.4 Å². The number of ether oxygens (including phenoxy) is 2. The van der Waals surface area contributed by atoms with Gasteiger partial charge >= 0.3 is 5.97 Å². The van der Waals surface area contributed by atoms with E-state index in [2.05, 4.69) is 34.1 Å². The van der Waals surface area contributed by atoms with E-state index in [0.29, 0.717) is 36.0 Å². The Labute approximate surface area is 238 Å². The van der Waals surface area contributed by atoms with E-state index in [9.17, 15) is 9.59 Å². The SMILES string of the molecule is COC(=O)C(=O)c1c(C)nc2cc3nn2c1N1CCC(C)(CCC=CCOc2ccccc2Cn2cc-3cn2)CC1. The summed E-state index contributed by atoms with van der Waals surface area (Å²) in [4.78, 5) is 32.5. The molecule has 4 aromatic rings. The Morgan fingerprint density at radius 1 is 1.10 bits per heavy atom. The van der Waals surface area contributed by atoms with Gasteiger partial charge in [0.2, 0.25) is 0 Å². The van der Waals surface area contributed by atoms with Crippen molar-refractivity contribution in [3.05, 3.63) is 71.7 Å². The predicted molar refractivity (Wildman–Crippen MR) is 154 cm³/mol. The van der Waals surface area contributed by atoms with E-state index in [1.807, 2.05) is 41.2 Å². The van der Waals surface area contributed by atoms with Crippen LogP contribution in [-0.4, -0.2) is 62.9 Å². The topological polar surface area (TPSA) is 104 Å². The van der Waals surface area contributed by atoms with E-state index < -0.39 is 11.8 Å². The molecule has 0 amide bonds. The Kier molecular flexibility index (Phi) is 7.07. The third-order valence-corrected chi connectivity index (χ3v) is 8.28. The van der Waals surface area contributed by atoms with Crippen LogP contribution >= 0.6 is 0 Å². The molecule has 0 spiro atoms. The molecule has 0 unspecified atom stereocenters. The molecule has 0 radical (unpaired) electrons. The highest BCUT2D eigenvalue weighted by molar-refractivity contribution is 6.42. The lowest BCUT2D eigenvalue weighted by molar-refractivity contribution is -0.135. The second kappa shape index (κ2) is 10.8. The van der Waals surface area contributed by atoms with E-state index in [-0.39, 0.29) is 11.0 Å².